The molecule has 2 rings (SSSR count). The third-order valence-electron chi connectivity index (χ3n) is 4.13. The summed E-state index contributed by atoms with van der Waals surface area (Å²) in [6.07, 6.45) is 1.56. The summed E-state index contributed by atoms with van der Waals surface area (Å²) in [6, 6.07) is 4.26. The molecule has 1 saturated heterocycles. The van der Waals surface area contributed by atoms with E-state index >= 15 is 0 Å². The molecular weight excluding hydrogens is 381 g/mol. The van der Waals surface area contributed by atoms with E-state index in [-0.39, 0.29) is 36.7 Å². The van der Waals surface area contributed by atoms with E-state index in [1.165, 1.54) is 4.90 Å². The molecule has 1 aromatic rings. The van der Waals surface area contributed by atoms with Gasteiger partial charge >= 0.3 is 0 Å². The Morgan fingerprint density at radius 1 is 1.38 bits per heavy atom. The summed E-state index contributed by atoms with van der Waals surface area (Å²) in [5, 5.41) is 3.08. The number of amides is 2. The van der Waals surface area contributed by atoms with Gasteiger partial charge in [-0.25, -0.2) is 0 Å². The molecule has 1 fully saturated rings. The van der Waals surface area contributed by atoms with E-state index in [1.807, 2.05) is 0 Å². The summed E-state index contributed by atoms with van der Waals surface area (Å²) in [4.78, 5) is 25.3. The van der Waals surface area contributed by atoms with Gasteiger partial charge in [-0.15, -0.1) is 12.4 Å². The van der Waals surface area contributed by atoms with Crippen molar-refractivity contribution in [2.45, 2.75) is 18.9 Å². The lowest BCUT2D eigenvalue weighted by atomic mass is 9.92. The van der Waals surface area contributed by atoms with Gasteiger partial charge in [0.15, 0.2) is 6.61 Å². The monoisotopic (exact) mass is 405 g/mol. The van der Waals surface area contributed by atoms with Crippen LogP contribution in [0.1, 0.15) is 12.8 Å². The van der Waals surface area contributed by atoms with Gasteiger partial charge < -0.3 is 25.4 Å². The number of nitrogens with two attached hydrogens (primary N) is 1. The normalized spacial score (nSPS) is 15.5. The minimum atomic E-state index is -0.587. The highest BCUT2D eigenvalue weighted by atomic mass is 35.5. The summed E-state index contributed by atoms with van der Waals surface area (Å²) < 4.78 is 10.7. The molecule has 3 N–H and O–H groups in total. The number of nitrogens with zero attached hydrogens (tertiary/aromatic N) is 1. The van der Waals surface area contributed by atoms with E-state index in [0.29, 0.717) is 29.7 Å². The number of hydrogen-bond donors (Lipinski definition) is 2. The van der Waals surface area contributed by atoms with Gasteiger partial charge in [0.05, 0.1) is 11.1 Å². The predicted molar refractivity (Wildman–Crippen MR) is 103 cm³/mol. The first kappa shape index (κ1) is 22.5. The summed E-state index contributed by atoms with van der Waals surface area (Å²) in [5.74, 6) is 0.0720. The first-order valence-electron chi connectivity index (χ1n) is 8.15. The number of benzene rings is 1. The van der Waals surface area contributed by atoms with E-state index in [2.05, 4.69) is 5.32 Å². The molecule has 0 radical (unpaired) electrons. The molecule has 1 atom stereocenters. The molecule has 146 valence electrons. The number of rotatable bonds is 6. The average molecular weight is 406 g/mol. The second-order valence-corrected chi connectivity index (χ2v) is 6.59. The molecule has 0 aromatic heterocycles. The van der Waals surface area contributed by atoms with E-state index in [1.54, 1.807) is 32.3 Å². The lowest BCUT2D eigenvalue weighted by Gasteiger charge is -2.26. The molecule has 9 heteroatoms. The summed E-state index contributed by atoms with van der Waals surface area (Å²) in [5.41, 5.74) is 6.58. The predicted octanol–water partition coefficient (Wildman–Crippen LogP) is 1.92. The van der Waals surface area contributed by atoms with Crippen molar-refractivity contribution in [3.05, 3.63) is 23.2 Å². The lowest BCUT2D eigenvalue weighted by molar-refractivity contribution is -0.130. The second-order valence-electron chi connectivity index (χ2n) is 6.19. The van der Waals surface area contributed by atoms with Crippen LogP contribution in [0.5, 0.6) is 5.75 Å². The van der Waals surface area contributed by atoms with Crippen LogP contribution >= 0.6 is 24.0 Å². The molecule has 7 nitrogen and oxygen atoms in total. The molecule has 1 aromatic carbocycles. The standard InChI is InChI=1S/C17H24ClN3O4.ClH/c1-21(2)15(22)10-25-14-4-3-12(9-13(14)18)20-17(23)16(19)11-5-7-24-8-6-11;/h3-4,9,11,16H,5-8,10,19H2,1-2H3,(H,20,23);1H. The van der Waals surface area contributed by atoms with Gasteiger partial charge in [-0.3, -0.25) is 9.59 Å². The van der Waals surface area contributed by atoms with Crippen LogP contribution in [0.4, 0.5) is 5.69 Å². The van der Waals surface area contributed by atoms with Crippen LogP contribution in [-0.4, -0.2) is 56.7 Å². The van der Waals surface area contributed by atoms with Crippen molar-refractivity contribution in [1.29, 1.82) is 0 Å². The Labute approximate surface area is 164 Å². The SMILES string of the molecule is CN(C)C(=O)COc1ccc(NC(=O)C(N)C2CCOCC2)cc1Cl.Cl. The number of ether oxygens (including phenoxy) is 2. The van der Waals surface area contributed by atoms with Gasteiger partial charge in [0, 0.05) is 33.0 Å². The fourth-order valence-corrected chi connectivity index (χ4v) is 2.71. The fourth-order valence-electron chi connectivity index (χ4n) is 2.48. The van der Waals surface area contributed by atoms with Gasteiger partial charge in [0.25, 0.3) is 5.91 Å². The molecule has 0 aliphatic carbocycles. The molecule has 1 aliphatic heterocycles. The first-order valence-corrected chi connectivity index (χ1v) is 8.53. The Balaban J connectivity index is 0.00000338. The van der Waals surface area contributed by atoms with Crippen LogP contribution in [-0.2, 0) is 14.3 Å². The minimum absolute atomic E-state index is 0. The maximum atomic E-state index is 12.3. The maximum Gasteiger partial charge on any atom is 0.259 e. The second kappa shape index (κ2) is 10.6. The van der Waals surface area contributed by atoms with Crippen molar-refractivity contribution in [3.63, 3.8) is 0 Å². The highest BCUT2D eigenvalue weighted by Crippen LogP contribution is 2.28. The molecular formula is C17H25Cl2N3O4. The Hall–Kier alpha value is -1.54. The zero-order valence-corrected chi connectivity index (χ0v) is 16.4. The molecule has 0 spiro atoms. The lowest BCUT2D eigenvalue weighted by Crippen LogP contribution is -2.44. The largest absolute Gasteiger partial charge is 0.482 e. The average Bonchev–Trinajstić information content (AvgIpc) is 2.60. The third kappa shape index (κ3) is 6.32. The summed E-state index contributed by atoms with van der Waals surface area (Å²) >= 11 is 6.16. The summed E-state index contributed by atoms with van der Waals surface area (Å²) in [6.45, 7) is 1.16. The quantitative estimate of drug-likeness (QED) is 0.753. The van der Waals surface area contributed by atoms with E-state index in [9.17, 15) is 9.59 Å². The van der Waals surface area contributed by atoms with Crippen molar-refractivity contribution in [2.24, 2.45) is 11.7 Å². The smallest absolute Gasteiger partial charge is 0.259 e. The number of carbonyl (C=O) groups excluding carboxylic acids is 2. The molecule has 0 saturated carbocycles. The van der Waals surface area contributed by atoms with Gasteiger partial charge in [-0.1, -0.05) is 11.6 Å². The number of hydrogen-bond acceptors (Lipinski definition) is 5. The van der Waals surface area contributed by atoms with Crippen molar-refractivity contribution in [2.75, 3.05) is 39.2 Å². The van der Waals surface area contributed by atoms with Crippen LogP contribution < -0.4 is 15.8 Å². The molecule has 1 unspecified atom stereocenters. The van der Waals surface area contributed by atoms with Gasteiger partial charge in [-0.05, 0) is 37.0 Å². The van der Waals surface area contributed by atoms with Crippen molar-refractivity contribution >= 4 is 41.5 Å². The van der Waals surface area contributed by atoms with Crippen LogP contribution in [0.3, 0.4) is 0 Å². The zero-order chi connectivity index (χ0) is 18.4. The molecule has 1 aliphatic rings. The fraction of sp³-hybridized carbons (Fsp3) is 0.529. The van der Waals surface area contributed by atoms with Crippen LogP contribution in [0.2, 0.25) is 5.02 Å². The number of nitrogens with one attached hydrogen (secondary N) is 1. The van der Waals surface area contributed by atoms with Crippen molar-refractivity contribution in [3.8, 4) is 5.75 Å². The highest BCUT2D eigenvalue weighted by Gasteiger charge is 2.26. The molecule has 26 heavy (non-hydrogen) atoms. The number of halogens is 2. The topological polar surface area (TPSA) is 93.9 Å². The number of anilines is 1. The van der Waals surface area contributed by atoms with Gasteiger partial charge in [0.2, 0.25) is 5.91 Å². The van der Waals surface area contributed by atoms with Crippen LogP contribution in [0, 0.1) is 5.92 Å². The Kier molecular flexibility index (Phi) is 9.15. The van der Waals surface area contributed by atoms with E-state index < -0.39 is 6.04 Å². The Morgan fingerprint density at radius 3 is 2.62 bits per heavy atom. The zero-order valence-electron chi connectivity index (χ0n) is 14.9. The van der Waals surface area contributed by atoms with Crippen LogP contribution in [0.25, 0.3) is 0 Å². The van der Waals surface area contributed by atoms with Gasteiger partial charge in [-0.2, -0.15) is 0 Å². The first-order chi connectivity index (χ1) is 11.9. The Bertz CT molecular complexity index is 622. The summed E-state index contributed by atoms with van der Waals surface area (Å²) in [7, 11) is 3.29. The molecule has 0 bridgehead atoms. The molecule has 2 amide bonds. The van der Waals surface area contributed by atoms with E-state index in [0.717, 1.165) is 12.8 Å². The molecule has 1 heterocycles. The number of carbonyl (C=O) groups is 2. The Morgan fingerprint density at radius 2 is 2.04 bits per heavy atom. The van der Waals surface area contributed by atoms with Crippen molar-refractivity contribution < 1.29 is 19.1 Å². The van der Waals surface area contributed by atoms with Crippen LogP contribution in [0.15, 0.2) is 18.2 Å². The van der Waals surface area contributed by atoms with Crippen molar-refractivity contribution in [1.82, 2.24) is 4.90 Å². The third-order valence-corrected chi connectivity index (χ3v) is 4.42. The maximum absolute atomic E-state index is 12.3. The van der Waals surface area contributed by atoms with E-state index in [4.69, 9.17) is 26.8 Å². The number of likely N-dealkylation sites (N-methyl/N-ethyl adjacent to an activating group) is 1. The minimum Gasteiger partial charge on any atom is -0.482 e. The highest BCUT2D eigenvalue weighted by molar-refractivity contribution is 6.32. The van der Waals surface area contributed by atoms with Gasteiger partial charge in [0.1, 0.15) is 5.75 Å².